The van der Waals surface area contributed by atoms with Gasteiger partial charge in [-0.15, -0.1) is 11.3 Å². The van der Waals surface area contributed by atoms with Crippen LogP contribution in [0.3, 0.4) is 0 Å². The third-order valence-corrected chi connectivity index (χ3v) is 4.18. The summed E-state index contributed by atoms with van der Waals surface area (Å²) in [7, 11) is 0. The van der Waals surface area contributed by atoms with Gasteiger partial charge in [0.05, 0.1) is 4.88 Å². The lowest BCUT2D eigenvalue weighted by molar-refractivity contribution is 0.0215. The number of nitrogens with one attached hydrogen (secondary N) is 1. The lowest BCUT2D eigenvalue weighted by Crippen LogP contribution is -2.20. The van der Waals surface area contributed by atoms with Gasteiger partial charge in [-0.2, -0.15) is 0 Å². The number of hydrogen-bond donors (Lipinski definition) is 1. The van der Waals surface area contributed by atoms with Crippen molar-refractivity contribution in [2.24, 2.45) is 0 Å². The molecule has 0 saturated heterocycles. The average molecular weight is 293 g/mol. The normalized spacial score (nSPS) is 13.1. The number of hydrazine groups is 1. The molecule has 1 N–H and O–H groups in total. The van der Waals surface area contributed by atoms with Crippen molar-refractivity contribution < 1.29 is 8.78 Å². The quantitative estimate of drug-likeness (QED) is 0.846. The largest absolute Gasteiger partial charge is 0.297 e. The summed E-state index contributed by atoms with van der Waals surface area (Å²) in [6.07, 6.45) is 1.70. The molecule has 2 aromatic rings. The zero-order valence-electron chi connectivity index (χ0n) is 11.1. The molecule has 104 valence electrons. The minimum absolute atomic E-state index is 0.0642. The van der Waals surface area contributed by atoms with E-state index < -0.39 is 5.92 Å². The highest BCUT2D eigenvalue weighted by Crippen LogP contribution is 2.47. The van der Waals surface area contributed by atoms with Gasteiger partial charge in [0, 0.05) is 29.3 Å². The number of fused-ring (bicyclic) bond motifs is 1. The Morgan fingerprint density at radius 1 is 1.45 bits per heavy atom. The molecule has 3 heterocycles. The molecule has 3 rings (SSSR count). The van der Waals surface area contributed by atoms with Crippen LogP contribution in [0.5, 0.6) is 0 Å². The van der Waals surface area contributed by atoms with E-state index in [-0.39, 0.29) is 4.88 Å². The molecule has 0 spiro atoms. The summed E-state index contributed by atoms with van der Waals surface area (Å²) >= 11 is 1.09. The van der Waals surface area contributed by atoms with Gasteiger partial charge in [-0.1, -0.05) is 6.58 Å². The van der Waals surface area contributed by atoms with Crippen LogP contribution in [-0.2, 0) is 5.92 Å². The number of rotatable bonds is 4. The van der Waals surface area contributed by atoms with Crippen molar-refractivity contribution >= 4 is 22.8 Å². The monoisotopic (exact) mass is 293 g/mol. The fourth-order valence-electron chi connectivity index (χ4n) is 1.90. The van der Waals surface area contributed by atoms with E-state index in [0.29, 0.717) is 0 Å². The predicted octanol–water partition coefficient (Wildman–Crippen LogP) is 4.41. The van der Waals surface area contributed by atoms with Gasteiger partial charge in [0.25, 0.3) is 5.92 Å². The fraction of sp³-hybridized carbons (Fsp3) is 0.214. The molecule has 0 radical (unpaired) electrons. The van der Waals surface area contributed by atoms with Crippen LogP contribution < -0.4 is 10.4 Å². The van der Waals surface area contributed by atoms with Crippen molar-refractivity contribution in [1.82, 2.24) is 10.4 Å². The SMILES string of the molecule is C=C(C)NN1c2cc(-c3ccc(C(C)(F)F)s3)cnc21. The van der Waals surface area contributed by atoms with Crippen LogP contribution in [0.25, 0.3) is 10.4 Å². The molecule has 0 amide bonds. The van der Waals surface area contributed by atoms with Crippen LogP contribution in [-0.4, -0.2) is 4.98 Å². The lowest BCUT2D eigenvalue weighted by atomic mass is 10.2. The van der Waals surface area contributed by atoms with Crippen LogP contribution in [0.4, 0.5) is 20.3 Å². The molecule has 0 unspecified atom stereocenters. The molecule has 1 aliphatic heterocycles. The third-order valence-electron chi connectivity index (χ3n) is 2.88. The maximum absolute atomic E-state index is 13.2. The Morgan fingerprint density at radius 3 is 2.80 bits per heavy atom. The number of nitrogens with zero attached hydrogens (tertiary/aromatic N) is 2. The summed E-state index contributed by atoms with van der Waals surface area (Å²) in [6.45, 7) is 6.53. The molecule has 0 saturated carbocycles. The first-order valence-electron chi connectivity index (χ1n) is 6.07. The van der Waals surface area contributed by atoms with Gasteiger partial charge in [0.2, 0.25) is 0 Å². The first kappa shape index (κ1) is 13.1. The number of allylic oxidation sites excluding steroid dienone is 1. The number of alkyl halides is 2. The number of halogens is 2. The van der Waals surface area contributed by atoms with Crippen LogP contribution in [0.2, 0.25) is 0 Å². The van der Waals surface area contributed by atoms with Gasteiger partial charge in [-0.05, 0) is 25.1 Å². The Hall–Kier alpha value is -1.95. The molecular weight excluding hydrogens is 280 g/mol. The fourth-order valence-corrected chi connectivity index (χ4v) is 2.82. The number of aromatic nitrogens is 1. The highest BCUT2D eigenvalue weighted by Gasteiger charge is 2.32. The molecule has 0 fully saturated rings. The van der Waals surface area contributed by atoms with Crippen molar-refractivity contribution in [2.75, 3.05) is 5.01 Å². The molecule has 2 aromatic heterocycles. The smallest absolute Gasteiger partial charge is 0.279 e. The van der Waals surface area contributed by atoms with E-state index in [1.807, 2.05) is 18.0 Å². The number of hydrogen-bond acceptors (Lipinski definition) is 4. The van der Waals surface area contributed by atoms with Gasteiger partial charge in [-0.3, -0.25) is 5.43 Å². The lowest BCUT2D eigenvalue weighted by Gasteiger charge is -2.05. The summed E-state index contributed by atoms with van der Waals surface area (Å²) in [5.74, 6) is -1.96. The molecule has 0 aliphatic carbocycles. The molecule has 0 bridgehead atoms. The van der Waals surface area contributed by atoms with Crippen molar-refractivity contribution in [3.8, 4) is 10.4 Å². The first-order chi connectivity index (χ1) is 9.36. The number of pyridine rings is 1. The Balaban J connectivity index is 1.85. The molecule has 0 aromatic carbocycles. The zero-order valence-corrected chi connectivity index (χ0v) is 11.9. The summed E-state index contributed by atoms with van der Waals surface area (Å²) in [6, 6.07) is 5.11. The van der Waals surface area contributed by atoms with Crippen LogP contribution in [0.15, 0.2) is 36.7 Å². The summed E-state index contributed by atoms with van der Waals surface area (Å²) in [4.78, 5) is 5.15. The van der Waals surface area contributed by atoms with Gasteiger partial charge in [-0.25, -0.2) is 18.8 Å². The maximum atomic E-state index is 13.2. The van der Waals surface area contributed by atoms with E-state index in [2.05, 4.69) is 17.0 Å². The second kappa shape index (κ2) is 4.28. The van der Waals surface area contributed by atoms with E-state index in [0.717, 1.165) is 45.9 Å². The number of thiophene rings is 1. The first-order valence-corrected chi connectivity index (χ1v) is 6.89. The van der Waals surface area contributed by atoms with Gasteiger partial charge in [0.1, 0.15) is 5.69 Å². The van der Waals surface area contributed by atoms with Crippen molar-refractivity contribution in [3.63, 3.8) is 0 Å². The van der Waals surface area contributed by atoms with Crippen molar-refractivity contribution in [1.29, 1.82) is 0 Å². The van der Waals surface area contributed by atoms with Crippen molar-refractivity contribution in [3.05, 3.63) is 41.5 Å². The molecular formula is C14H13F2N3S. The van der Waals surface area contributed by atoms with E-state index in [1.165, 1.54) is 6.07 Å². The van der Waals surface area contributed by atoms with Crippen LogP contribution in [0, 0.1) is 0 Å². The third kappa shape index (κ3) is 2.27. The molecule has 3 nitrogen and oxygen atoms in total. The Labute approximate surface area is 119 Å². The molecule has 6 heteroatoms. The van der Waals surface area contributed by atoms with Gasteiger partial charge >= 0.3 is 0 Å². The molecule has 1 aliphatic rings. The van der Waals surface area contributed by atoms with Gasteiger partial charge < -0.3 is 0 Å². The van der Waals surface area contributed by atoms with Crippen LogP contribution >= 0.6 is 11.3 Å². The summed E-state index contributed by atoms with van der Waals surface area (Å²) < 4.78 is 26.5. The van der Waals surface area contributed by atoms with E-state index in [4.69, 9.17) is 0 Å². The highest BCUT2D eigenvalue weighted by atomic mass is 32.1. The highest BCUT2D eigenvalue weighted by molar-refractivity contribution is 7.15. The Morgan fingerprint density at radius 2 is 2.20 bits per heavy atom. The second-order valence-corrected chi connectivity index (χ2v) is 5.93. The predicted molar refractivity (Wildman–Crippen MR) is 77.2 cm³/mol. The van der Waals surface area contributed by atoms with E-state index >= 15 is 0 Å². The second-order valence-electron chi connectivity index (χ2n) is 4.85. The molecule has 0 atom stereocenters. The number of anilines is 2. The topological polar surface area (TPSA) is 27.9 Å². The summed E-state index contributed by atoms with van der Waals surface area (Å²) in [5, 5.41) is 1.81. The van der Waals surface area contributed by atoms with Gasteiger partial charge in [0.15, 0.2) is 5.82 Å². The average Bonchev–Trinajstić information content (AvgIpc) is 2.83. The Bertz CT molecular complexity index is 688. The maximum Gasteiger partial charge on any atom is 0.279 e. The molecule has 20 heavy (non-hydrogen) atoms. The Kier molecular flexibility index (Phi) is 2.79. The minimum Gasteiger partial charge on any atom is -0.297 e. The van der Waals surface area contributed by atoms with E-state index in [9.17, 15) is 8.78 Å². The zero-order chi connectivity index (χ0) is 14.5. The summed E-state index contributed by atoms with van der Waals surface area (Å²) in [5.41, 5.74) is 5.65. The minimum atomic E-state index is -2.80. The van der Waals surface area contributed by atoms with Crippen molar-refractivity contribution in [2.45, 2.75) is 19.8 Å². The van der Waals surface area contributed by atoms with E-state index in [1.54, 1.807) is 12.3 Å². The standard InChI is InChI=1S/C14H13F2N3S/c1-8(2)18-19-10-6-9(7-17-13(10)19)11-4-5-12(20-11)14(3,15)16/h4-7,18H,1H2,2-3H3. The van der Waals surface area contributed by atoms with Crippen LogP contribution in [0.1, 0.15) is 18.7 Å².